The Bertz CT molecular complexity index is 2750. The number of unbranched alkanes of at least 4 members (excludes halogenated alkanes) is 1. The largest absolute Gasteiger partial charge is 0.481 e. The molecule has 0 spiro atoms. The predicted octanol–water partition coefficient (Wildman–Crippen LogP) is -3.90. The summed E-state index contributed by atoms with van der Waals surface area (Å²) in [5, 5.41) is 36.0. The quantitative estimate of drug-likeness (QED) is 0.0176. The van der Waals surface area contributed by atoms with Crippen LogP contribution in [0.15, 0.2) is 51.3 Å². The van der Waals surface area contributed by atoms with E-state index in [2.05, 4.69) is 46.6 Å². The van der Waals surface area contributed by atoms with Crippen LogP contribution in [0, 0.1) is 5.92 Å². The standard InChI is InChI=1S/C52H85N17O13S/c1-29(2)27-37(67-83(81,82)40-20-9-13-31-32(40)14-8-18-38(31)68(4)5)50(80)69-26-12-19-39(69)48(78)65-34(15-6-7-23-53)47(77)66-43(30(3)70)49(79)61-28-41(71)62-36(21-22-42(72)73)46(76)64-35(17-11-25-60-52(57)58)45(75)63-33(44(54)74)16-10-24-59-51(55)56/h8-9,13-14,18,20,29-30,33-37,39,43,67,70H,6-7,10-12,15-17,19,21-28,53H2,1-5H3,(H2,54,74)(H,61,79)(H,62,71)(H,63,75)(H,64,76)(H,65,78)(H,66,77)(H,72,73)(H4,55,56,59)(H4,57,58,60)/t30-,33+,34+,35+,36+,37+,39+,43+/m1/s1. The number of anilines is 1. The van der Waals surface area contributed by atoms with Crippen LogP contribution in [-0.4, -0.2) is 184 Å². The summed E-state index contributed by atoms with van der Waals surface area (Å²) in [6.07, 6.45) is -1.18. The molecule has 0 unspecified atom stereocenters. The number of sulfonamides is 1. The van der Waals surface area contributed by atoms with Gasteiger partial charge < -0.3 is 86.3 Å². The lowest BCUT2D eigenvalue weighted by molar-refractivity contribution is -0.141. The number of nitrogens with zero attached hydrogens (tertiary/aromatic N) is 4. The molecular formula is C52H85N17O13S. The highest BCUT2D eigenvalue weighted by atomic mass is 32.2. The molecule has 3 rings (SSSR count). The summed E-state index contributed by atoms with van der Waals surface area (Å²) >= 11 is 0. The van der Waals surface area contributed by atoms with Gasteiger partial charge in [-0.25, -0.2) is 8.42 Å². The van der Waals surface area contributed by atoms with Gasteiger partial charge in [0, 0.05) is 56.6 Å². The Morgan fingerprint density at radius 1 is 0.699 bits per heavy atom. The lowest BCUT2D eigenvalue weighted by Gasteiger charge is -2.31. The van der Waals surface area contributed by atoms with E-state index in [1.165, 1.54) is 17.9 Å². The van der Waals surface area contributed by atoms with E-state index in [0.29, 0.717) is 30.0 Å². The molecular weight excluding hydrogens is 1100 g/mol. The molecule has 0 saturated carbocycles. The van der Waals surface area contributed by atoms with Crippen molar-refractivity contribution in [2.75, 3.05) is 51.7 Å². The lowest BCUT2D eigenvalue weighted by atomic mass is 10.0. The molecule has 1 fully saturated rings. The number of likely N-dealkylation sites (tertiary alicyclic amines) is 1. The number of nitrogens with one attached hydrogen (secondary N) is 7. The number of amides is 8. The molecule has 83 heavy (non-hydrogen) atoms. The zero-order chi connectivity index (χ0) is 62.1. The first kappa shape index (κ1) is 69.4. The van der Waals surface area contributed by atoms with Gasteiger partial charge in [-0.3, -0.25) is 53.1 Å². The SMILES string of the molecule is CC(C)C[C@H](NS(=O)(=O)c1cccc2c(N(C)C)cccc12)C(=O)N1CCC[C@H]1C(=O)N[C@@H](CCCCN)C(=O)N[C@H](C(=O)NCC(=O)N[C@@H](CCC(=O)O)C(=O)N[C@@H](CCCN=C(N)N)C(=O)N[C@@H](CCCN=C(N)N)C(N)=O)[C@@H](C)O. The fourth-order valence-corrected chi connectivity index (χ4v) is 10.6. The second kappa shape index (κ2) is 33.9. The normalized spacial score (nSPS) is 15.7. The summed E-state index contributed by atoms with van der Waals surface area (Å²) in [6.45, 7) is 4.38. The molecule has 2 aromatic carbocycles. The van der Waals surface area contributed by atoms with Crippen LogP contribution in [0.3, 0.4) is 0 Å². The highest BCUT2D eigenvalue weighted by molar-refractivity contribution is 7.89. The third kappa shape index (κ3) is 22.8. The first-order chi connectivity index (χ1) is 39.1. The second-order valence-electron chi connectivity index (χ2n) is 20.8. The van der Waals surface area contributed by atoms with Crippen LogP contribution < -0.4 is 75.9 Å². The number of benzene rings is 2. The van der Waals surface area contributed by atoms with Crippen molar-refractivity contribution in [3.63, 3.8) is 0 Å². The summed E-state index contributed by atoms with van der Waals surface area (Å²) < 4.78 is 31.0. The molecule has 1 aliphatic heterocycles. The number of aliphatic imine (C=N–C) groups is 2. The van der Waals surface area contributed by atoms with E-state index in [1.807, 2.05) is 38.9 Å². The number of aliphatic carboxylic acids is 1. The number of aliphatic hydroxyl groups excluding tert-OH is 1. The Labute approximate surface area is 482 Å². The molecule has 0 bridgehead atoms. The van der Waals surface area contributed by atoms with E-state index in [0.717, 1.165) is 5.69 Å². The van der Waals surface area contributed by atoms with Crippen molar-refractivity contribution in [1.29, 1.82) is 0 Å². The van der Waals surface area contributed by atoms with Gasteiger partial charge in [0.2, 0.25) is 57.3 Å². The molecule has 8 amide bonds. The highest BCUT2D eigenvalue weighted by Crippen LogP contribution is 2.31. The lowest BCUT2D eigenvalue weighted by Crippen LogP contribution is -2.60. The molecule has 21 N–H and O–H groups in total. The fourth-order valence-electron chi connectivity index (χ4n) is 9.17. The van der Waals surface area contributed by atoms with Gasteiger partial charge in [0.15, 0.2) is 11.9 Å². The molecule has 30 nitrogen and oxygen atoms in total. The third-order valence-electron chi connectivity index (χ3n) is 13.3. The van der Waals surface area contributed by atoms with Gasteiger partial charge in [-0.1, -0.05) is 38.1 Å². The summed E-state index contributed by atoms with van der Waals surface area (Å²) in [5.41, 5.74) is 33.6. The number of carboxylic acids is 1. The van der Waals surface area contributed by atoms with E-state index in [1.54, 1.807) is 24.3 Å². The summed E-state index contributed by atoms with van der Waals surface area (Å²) in [7, 11) is -0.660. The Balaban J connectivity index is 1.78. The summed E-state index contributed by atoms with van der Waals surface area (Å²) in [5.74, 6) is -9.22. The molecule has 1 heterocycles. The Morgan fingerprint density at radius 3 is 1.82 bits per heavy atom. The first-order valence-corrected chi connectivity index (χ1v) is 28.9. The van der Waals surface area contributed by atoms with Gasteiger partial charge in [-0.05, 0) is 102 Å². The first-order valence-electron chi connectivity index (χ1n) is 27.4. The zero-order valence-electron chi connectivity index (χ0n) is 47.7. The van der Waals surface area contributed by atoms with Crippen molar-refractivity contribution < 1.29 is 61.8 Å². The number of primary amides is 1. The monoisotopic (exact) mass is 1190 g/mol. The number of rotatable bonds is 36. The maximum absolute atomic E-state index is 14.5. The Kier molecular flexibility index (Phi) is 28.3. The molecule has 2 aromatic rings. The van der Waals surface area contributed by atoms with E-state index in [4.69, 9.17) is 34.4 Å². The minimum atomic E-state index is -4.33. The summed E-state index contributed by atoms with van der Waals surface area (Å²) in [6, 6.07) is 0.385. The second-order valence-corrected chi connectivity index (χ2v) is 22.5. The maximum atomic E-state index is 14.5. The van der Waals surface area contributed by atoms with Crippen molar-refractivity contribution in [3.05, 3.63) is 36.4 Å². The highest BCUT2D eigenvalue weighted by Gasteiger charge is 2.41. The number of aliphatic hydroxyl groups is 1. The van der Waals surface area contributed by atoms with E-state index in [-0.39, 0.29) is 93.9 Å². The predicted molar refractivity (Wildman–Crippen MR) is 310 cm³/mol. The summed E-state index contributed by atoms with van der Waals surface area (Å²) in [4.78, 5) is 132. The molecule has 1 saturated heterocycles. The topological polar surface area (TPSA) is 500 Å². The van der Waals surface area contributed by atoms with Gasteiger partial charge in [-0.15, -0.1) is 0 Å². The average Bonchev–Trinajstić information content (AvgIpc) is 4.09. The van der Waals surface area contributed by atoms with Crippen molar-refractivity contribution in [2.45, 2.75) is 151 Å². The molecule has 0 aromatic heterocycles. The number of nitrogens with two attached hydrogens (primary N) is 6. The van der Waals surface area contributed by atoms with Gasteiger partial charge in [-0.2, -0.15) is 4.72 Å². The minimum absolute atomic E-state index is 0.00661. The fraction of sp³-hybridized carbons (Fsp3) is 0.596. The van der Waals surface area contributed by atoms with Crippen LogP contribution in [0.2, 0.25) is 0 Å². The van der Waals surface area contributed by atoms with Crippen LogP contribution in [-0.2, 0) is 53.2 Å². The average molecular weight is 1190 g/mol. The van der Waals surface area contributed by atoms with Crippen LogP contribution in [0.5, 0.6) is 0 Å². The molecule has 0 aliphatic carbocycles. The number of hydrogen-bond acceptors (Lipinski definition) is 16. The van der Waals surface area contributed by atoms with Gasteiger partial charge in [0.25, 0.3) is 0 Å². The molecule has 8 atom stereocenters. The minimum Gasteiger partial charge on any atom is -0.481 e. The number of carbonyl (C=O) groups excluding carboxylic acids is 8. The molecule has 31 heteroatoms. The molecule has 0 radical (unpaired) electrons. The maximum Gasteiger partial charge on any atom is 0.303 e. The van der Waals surface area contributed by atoms with Crippen molar-refractivity contribution in [2.24, 2.45) is 50.3 Å². The van der Waals surface area contributed by atoms with Crippen molar-refractivity contribution in [1.82, 2.24) is 41.5 Å². The number of fused-ring (bicyclic) bond motifs is 1. The van der Waals surface area contributed by atoms with Crippen LogP contribution in [0.25, 0.3) is 10.8 Å². The number of guanidine groups is 2. The van der Waals surface area contributed by atoms with Gasteiger partial charge in [0.1, 0.15) is 42.3 Å². The van der Waals surface area contributed by atoms with Crippen molar-refractivity contribution >= 4 is 91.6 Å². The van der Waals surface area contributed by atoms with E-state index in [9.17, 15) is 61.8 Å². The molecule has 462 valence electrons. The Hall–Kier alpha value is -7.90. The smallest absolute Gasteiger partial charge is 0.303 e. The van der Waals surface area contributed by atoms with Gasteiger partial charge in [0.05, 0.1) is 17.5 Å². The van der Waals surface area contributed by atoms with Crippen molar-refractivity contribution in [3.8, 4) is 0 Å². The number of hydrogen-bond donors (Lipinski definition) is 15. The zero-order valence-corrected chi connectivity index (χ0v) is 48.5. The number of carbonyl (C=O) groups is 9. The van der Waals surface area contributed by atoms with E-state index < -0.39 is 131 Å². The Morgan fingerprint density at radius 2 is 1.25 bits per heavy atom. The van der Waals surface area contributed by atoms with Gasteiger partial charge >= 0.3 is 5.97 Å². The van der Waals surface area contributed by atoms with Crippen LogP contribution >= 0.6 is 0 Å². The third-order valence-corrected chi connectivity index (χ3v) is 14.8. The van der Waals surface area contributed by atoms with Crippen LogP contribution in [0.1, 0.15) is 97.8 Å². The van der Waals surface area contributed by atoms with E-state index >= 15 is 0 Å². The number of carboxylic acid groups (broad SMARTS) is 1. The van der Waals surface area contributed by atoms with Crippen LogP contribution in [0.4, 0.5) is 5.69 Å². The molecule has 1 aliphatic rings.